The lowest BCUT2D eigenvalue weighted by molar-refractivity contribution is 0.618. The highest BCUT2D eigenvalue weighted by atomic mass is 32.1. The Balaban J connectivity index is 2.95. The van der Waals surface area contributed by atoms with Crippen molar-refractivity contribution in [1.29, 1.82) is 0 Å². The summed E-state index contributed by atoms with van der Waals surface area (Å²) in [5, 5.41) is 2.48. The van der Waals surface area contributed by atoms with E-state index in [0.29, 0.717) is 11.9 Å². The average Bonchev–Trinajstić information content (AvgIpc) is 2.70. The number of aryl methyl sites for hydroxylation is 1. The molecule has 5 heteroatoms. The van der Waals surface area contributed by atoms with Gasteiger partial charge in [0.05, 0.1) is 5.39 Å². The van der Waals surface area contributed by atoms with Crippen molar-refractivity contribution in [1.82, 2.24) is 9.13 Å². The van der Waals surface area contributed by atoms with E-state index in [-0.39, 0.29) is 11.2 Å². The fourth-order valence-corrected chi connectivity index (χ4v) is 2.54. The maximum absolute atomic E-state index is 11.8. The van der Waals surface area contributed by atoms with Crippen molar-refractivity contribution in [3.63, 3.8) is 0 Å². The van der Waals surface area contributed by atoms with Gasteiger partial charge in [-0.05, 0) is 17.9 Å². The second-order valence-electron chi connectivity index (χ2n) is 3.44. The molecular weight excluding hydrogens is 212 g/mol. The van der Waals surface area contributed by atoms with Crippen molar-refractivity contribution in [3.05, 3.63) is 32.3 Å². The Hall–Kier alpha value is -1.36. The van der Waals surface area contributed by atoms with E-state index < -0.39 is 0 Å². The molecule has 2 heterocycles. The predicted octanol–water partition coefficient (Wildman–Crippen LogP) is 1.17. The molecule has 0 aromatic carbocycles. The first-order valence-electron chi connectivity index (χ1n) is 4.84. The maximum Gasteiger partial charge on any atom is 0.331 e. The smallest absolute Gasteiger partial charge is 0.284 e. The van der Waals surface area contributed by atoms with Crippen LogP contribution in [-0.2, 0) is 13.6 Å². The third kappa shape index (κ3) is 1.43. The van der Waals surface area contributed by atoms with Crippen LogP contribution in [0.25, 0.3) is 10.2 Å². The van der Waals surface area contributed by atoms with Gasteiger partial charge in [0, 0.05) is 13.6 Å². The normalized spacial score (nSPS) is 11.1. The van der Waals surface area contributed by atoms with Crippen LogP contribution in [0.2, 0.25) is 0 Å². The molecule has 0 radical (unpaired) electrons. The van der Waals surface area contributed by atoms with Crippen molar-refractivity contribution < 1.29 is 0 Å². The molecule has 0 N–H and O–H groups in total. The highest BCUT2D eigenvalue weighted by Gasteiger charge is 2.10. The standard InChI is InChI=1S/C10H12N2O2S/c1-3-5-12-9-7(4-6-15-9)8(13)11(2)10(12)14/h4,6H,3,5H2,1-2H3. The highest BCUT2D eigenvalue weighted by molar-refractivity contribution is 7.16. The van der Waals surface area contributed by atoms with Crippen molar-refractivity contribution in [2.24, 2.45) is 7.05 Å². The van der Waals surface area contributed by atoms with E-state index in [4.69, 9.17) is 0 Å². The number of rotatable bonds is 2. The summed E-state index contributed by atoms with van der Waals surface area (Å²) in [4.78, 5) is 24.3. The van der Waals surface area contributed by atoms with Crippen LogP contribution < -0.4 is 11.2 Å². The van der Waals surface area contributed by atoms with Crippen LogP contribution in [0.1, 0.15) is 13.3 Å². The molecule has 2 rings (SSSR count). The van der Waals surface area contributed by atoms with E-state index in [2.05, 4.69) is 0 Å². The second-order valence-corrected chi connectivity index (χ2v) is 4.33. The van der Waals surface area contributed by atoms with E-state index >= 15 is 0 Å². The Kier molecular flexibility index (Phi) is 2.48. The van der Waals surface area contributed by atoms with E-state index in [1.807, 2.05) is 12.3 Å². The molecular formula is C10H12N2O2S. The minimum absolute atomic E-state index is 0.205. The van der Waals surface area contributed by atoms with Gasteiger partial charge in [-0.3, -0.25) is 13.9 Å². The molecule has 0 aliphatic heterocycles. The SMILES string of the molecule is CCCn1c(=O)n(C)c(=O)c2ccsc21. The zero-order valence-corrected chi connectivity index (χ0v) is 9.50. The van der Waals surface area contributed by atoms with Crippen LogP contribution >= 0.6 is 11.3 Å². The molecule has 0 atom stereocenters. The van der Waals surface area contributed by atoms with Crippen molar-refractivity contribution in [2.45, 2.75) is 19.9 Å². The molecule has 0 spiro atoms. The lowest BCUT2D eigenvalue weighted by Gasteiger charge is -2.07. The third-order valence-electron chi connectivity index (χ3n) is 2.39. The minimum Gasteiger partial charge on any atom is -0.284 e. The summed E-state index contributed by atoms with van der Waals surface area (Å²) in [6, 6.07) is 1.77. The zero-order valence-electron chi connectivity index (χ0n) is 8.69. The minimum atomic E-state index is -0.225. The number of hydrogen-bond acceptors (Lipinski definition) is 3. The van der Waals surface area contributed by atoms with Crippen molar-refractivity contribution >= 4 is 21.6 Å². The Morgan fingerprint density at radius 3 is 2.80 bits per heavy atom. The largest absolute Gasteiger partial charge is 0.331 e. The molecule has 2 aromatic rings. The average molecular weight is 224 g/mol. The summed E-state index contributed by atoms with van der Waals surface area (Å²) in [6.07, 6.45) is 0.880. The molecule has 0 unspecified atom stereocenters. The molecule has 0 bridgehead atoms. The number of hydrogen-bond donors (Lipinski definition) is 0. The molecule has 0 aliphatic rings. The first-order valence-corrected chi connectivity index (χ1v) is 5.71. The molecule has 15 heavy (non-hydrogen) atoms. The molecule has 80 valence electrons. The molecule has 2 aromatic heterocycles. The molecule has 0 saturated heterocycles. The first-order chi connectivity index (χ1) is 7.16. The summed E-state index contributed by atoms with van der Waals surface area (Å²) in [6.45, 7) is 2.67. The summed E-state index contributed by atoms with van der Waals surface area (Å²) >= 11 is 1.44. The summed E-state index contributed by atoms with van der Waals surface area (Å²) < 4.78 is 2.84. The van der Waals surface area contributed by atoms with Gasteiger partial charge in [0.25, 0.3) is 5.56 Å². The van der Waals surface area contributed by atoms with Crippen molar-refractivity contribution in [2.75, 3.05) is 0 Å². The third-order valence-corrected chi connectivity index (χ3v) is 3.33. The second kappa shape index (κ2) is 3.66. The molecule has 0 fully saturated rings. The Morgan fingerprint density at radius 1 is 1.40 bits per heavy atom. The fraction of sp³-hybridized carbons (Fsp3) is 0.400. The van der Waals surface area contributed by atoms with Crippen LogP contribution in [0.4, 0.5) is 0 Å². The molecule has 0 saturated carbocycles. The van der Waals surface area contributed by atoms with E-state index in [1.54, 1.807) is 10.6 Å². The summed E-state index contributed by atoms with van der Waals surface area (Å²) in [7, 11) is 1.52. The summed E-state index contributed by atoms with van der Waals surface area (Å²) in [5.74, 6) is 0. The summed E-state index contributed by atoms with van der Waals surface area (Å²) in [5.41, 5.74) is -0.430. The van der Waals surface area contributed by atoms with Crippen LogP contribution in [0.5, 0.6) is 0 Å². The topological polar surface area (TPSA) is 44.0 Å². The van der Waals surface area contributed by atoms with Gasteiger partial charge in [0.2, 0.25) is 0 Å². The van der Waals surface area contributed by atoms with E-state index in [9.17, 15) is 9.59 Å². The van der Waals surface area contributed by atoms with Crippen LogP contribution in [-0.4, -0.2) is 9.13 Å². The van der Waals surface area contributed by atoms with Crippen LogP contribution in [0.15, 0.2) is 21.0 Å². The lowest BCUT2D eigenvalue weighted by Crippen LogP contribution is -2.37. The van der Waals surface area contributed by atoms with Crippen LogP contribution in [0, 0.1) is 0 Å². The van der Waals surface area contributed by atoms with Crippen LogP contribution in [0.3, 0.4) is 0 Å². The number of aromatic nitrogens is 2. The predicted molar refractivity (Wildman–Crippen MR) is 61.6 cm³/mol. The van der Waals surface area contributed by atoms with Gasteiger partial charge in [-0.15, -0.1) is 11.3 Å². The number of thiophene rings is 1. The Morgan fingerprint density at radius 2 is 2.13 bits per heavy atom. The number of fused-ring (bicyclic) bond motifs is 1. The first kappa shape index (κ1) is 10.2. The fourth-order valence-electron chi connectivity index (χ4n) is 1.63. The number of nitrogens with zero attached hydrogens (tertiary/aromatic N) is 2. The quantitative estimate of drug-likeness (QED) is 0.768. The van der Waals surface area contributed by atoms with Gasteiger partial charge in [0.15, 0.2) is 0 Å². The Labute approximate surface area is 90.4 Å². The van der Waals surface area contributed by atoms with Gasteiger partial charge < -0.3 is 0 Å². The van der Waals surface area contributed by atoms with E-state index in [1.165, 1.54) is 23.0 Å². The maximum atomic E-state index is 11.8. The lowest BCUT2D eigenvalue weighted by atomic mass is 10.4. The van der Waals surface area contributed by atoms with Crippen molar-refractivity contribution in [3.8, 4) is 0 Å². The van der Waals surface area contributed by atoms with Gasteiger partial charge >= 0.3 is 5.69 Å². The Bertz CT molecular complexity index is 606. The van der Waals surface area contributed by atoms with Gasteiger partial charge in [0.1, 0.15) is 4.83 Å². The van der Waals surface area contributed by atoms with Gasteiger partial charge in [-0.25, -0.2) is 4.79 Å². The van der Waals surface area contributed by atoms with Gasteiger partial charge in [-0.1, -0.05) is 6.92 Å². The molecule has 4 nitrogen and oxygen atoms in total. The van der Waals surface area contributed by atoms with E-state index in [0.717, 1.165) is 11.3 Å². The van der Waals surface area contributed by atoms with Gasteiger partial charge in [-0.2, -0.15) is 0 Å². The molecule has 0 amide bonds. The highest BCUT2D eigenvalue weighted by Crippen LogP contribution is 2.15. The molecule has 0 aliphatic carbocycles. The monoisotopic (exact) mass is 224 g/mol. The zero-order chi connectivity index (χ0) is 11.0.